The average Bonchev–Trinajstić information content (AvgIpc) is 3.63. The van der Waals surface area contributed by atoms with Gasteiger partial charge in [-0.1, -0.05) is 13.0 Å². The van der Waals surface area contributed by atoms with Crippen molar-refractivity contribution in [3.05, 3.63) is 64.4 Å². The molecule has 7 amide bonds. The number of carbonyl (C=O) groups is 5. The summed E-state index contributed by atoms with van der Waals surface area (Å²) in [6.07, 6.45) is 0.311. The summed E-state index contributed by atoms with van der Waals surface area (Å²) in [6.45, 7) is 3.63. The Hall–Kier alpha value is -4.87. The average molecular weight is 532 g/mol. The zero-order chi connectivity index (χ0) is 27.7. The molecule has 0 bridgehead atoms. The zero-order valence-corrected chi connectivity index (χ0v) is 21.4. The van der Waals surface area contributed by atoms with E-state index in [9.17, 15) is 24.0 Å². The third-order valence-electron chi connectivity index (χ3n) is 7.75. The second-order valence-electron chi connectivity index (χ2n) is 9.99. The minimum Gasteiger partial charge on any atom is -0.497 e. The molecule has 0 spiro atoms. The lowest BCUT2D eigenvalue weighted by molar-refractivity contribution is -0.125. The molecule has 0 saturated carbocycles. The van der Waals surface area contributed by atoms with Gasteiger partial charge in [0.05, 0.1) is 13.7 Å². The third kappa shape index (κ3) is 3.47. The van der Waals surface area contributed by atoms with Gasteiger partial charge >= 0.3 is 12.1 Å². The number of aryl methyl sites for hydroxylation is 1. The van der Waals surface area contributed by atoms with Gasteiger partial charge in [0.2, 0.25) is 0 Å². The van der Waals surface area contributed by atoms with Crippen LogP contribution in [0.2, 0.25) is 0 Å². The highest BCUT2D eigenvalue weighted by molar-refractivity contribution is 6.09. The van der Waals surface area contributed by atoms with Crippen LogP contribution >= 0.6 is 0 Å². The van der Waals surface area contributed by atoms with Crippen LogP contribution in [-0.4, -0.2) is 48.3 Å². The molecule has 12 nitrogen and oxygen atoms in total. The van der Waals surface area contributed by atoms with E-state index in [1.807, 2.05) is 0 Å². The highest BCUT2D eigenvalue weighted by Crippen LogP contribution is 2.38. The maximum atomic E-state index is 13.3. The van der Waals surface area contributed by atoms with Crippen LogP contribution in [0.5, 0.6) is 5.75 Å². The summed E-state index contributed by atoms with van der Waals surface area (Å²) in [7, 11) is 1.51. The molecule has 3 aliphatic rings. The topological polar surface area (TPSA) is 159 Å². The van der Waals surface area contributed by atoms with E-state index in [4.69, 9.17) is 9.15 Å². The van der Waals surface area contributed by atoms with Crippen LogP contribution in [0.25, 0.3) is 11.0 Å². The first-order chi connectivity index (χ1) is 18.6. The number of ether oxygens (including phenoxy) is 1. The number of urea groups is 2. The molecule has 1 unspecified atom stereocenters. The minimum atomic E-state index is -1.69. The molecule has 4 heterocycles. The molecule has 0 radical (unpaired) electrons. The van der Waals surface area contributed by atoms with Gasteiger partial charge in [-0.2, -0.15) is 0 Å². The molecule has 39 heavy (non-hydrogen) atoms. The fourth-order valence-electron chi connectivity index (χ4n) is 5.67. The van der Waals surface area contributed by atoms with Crippen molar-refractivity contribution in [3.8, 4) is 5.75 Å². The summed E-state index contributed by atoms with van der Waals surface area (Å²) in [6, 6.07) is 8.99. The molecular formula is C27H25N5O7. The second kappa shape index (κ2) is 8.32. The number of amides is 7. The quantitative estimate of drug-likeness (QED) is 0.354. The first-order valence-electron chi connectivity index (χ1n) is 12.4. The molecule has 0 aliphatic carbocycles. The van der Waals surface area contributed by atoms with Crippen molar-refractivity contribution in [1.29, 1.82) is 0 Å². The highest BCUT2D eigenvalue weighted by atomic mass is 16.5. The third-order valence-corrected chi connectivity index (χ3v) is 7.75. The van der Waals surface area contributed by atoms with Gasteiger partial charge in [-0.15, -0.1) is 0 Å². The Balaban J connectivity index is 1.42. The van der Waals surface area contributed by atoms with E-state index in [1.165, 1.54) is 12.0 Å². The largest absolute Gasteiger partial charge is 0.497 e. The molecule has 3 aliphatic heterocycles. The summed E-state index contributed by atoms with van der Waals surface area (Å²) in [4.78, 5) is 65.1. The summed E-state index contributed by atoms with van der Waals surface area (Å²) in [5.41, 5.74) is -0.0523. The lowest BCUT2D eigenvalue weighted by atomic mass is 9.85. The number of fused-ring (bicyclic) bond motifs is 2. The maximum Gasteiger partial charge on any atom is 0.322 e. The molecular weight excluding hydrogens is 506 g/mol. The monoisotopic (exact) mass is 531 g/mol. The van der Waals surface area contributed by atoms with Gasteiger partial charge in [-0.05, 0) is 60.4 Å². The van der Waals surface area contributed by atoms with Crippen molar-refractivity contribution in [1.82, 2.24) is 26.2 Å². The van der Waals surface area contributed by atoms with Gasteiger partial charge in [0.25, 0.3) is 17.7 Å². The van der Waals surface area contributed by atoms with E-state index in [-0.39, 0.29) is 24.8 Å². The molecule has 4 N–H and O–H groups in total. The standard InChI is InChI=1S/C27H25N5O7/c1-4-26(22(34)28-24(36)30-26)16-7-13(2)20-15(8-16)9-19(39-20)27(23(35)29-25(37)31-27)12-32-11-14-5-6-17(38-3)10-18(14)21(32)33/h5-10H,4,11-12H2,1-3H3,(H2,28,30,34,36)(H2,29,31,35,37)/t26?,27-/m0/s1. The van der Waals surface area contributed by atoms with Crippen molar-refractivity contribution < 1.29 is 33.1 Å². The fourth-order valence-corrected chi connectivity index (χ4v) is 5.67. The molecule has 2 atom stereocenters. The highest BCUT2D eigenvalue weighted by Gasteiger charge is 2.53. The molecule has 1 aromatic heterocycles. The molecule has 6 rings (SSSR count). The number of methoxy groups -OCH3 is 1. The van der Waals surface area contributed by atoms with Crippen molar-refractivity contribution >= 4 is 40.8 Å². The Morgan fingerprint density at radius 1 is 0.949 bits per heavy atom. The maximum absolute atomic E-state index is 13.3. The second-order valence-corrected chi connectivity index (χ2v) is 9.99. The molecule has 12 heteroatoms. The predicted octanol–water partition coefficient (Wildman–Crippen LogP) is 1.89. The summed E-state index contributed by atoms with van der Waals surface area (Å²) >= 11 is 0. The van der Waals surface area contributed by atoms with Crippen LogP contribution < -0.4 is 26.0 Å². The van der Waals surface area contributed by atoms with Crippen molar-refractivity contribution in [3.63, 3.8) is 0 Å². The van der Waals surface area contributed by atoms with E-state index >= 15 is 0 Å². The normalized spacial score (nSPS) is 24.1. The number of furan rings is 1. The molecule has 2 fully saturated rings. The fraction of sp³-hybridized carbons (Fsp3) is 0.296. The van der Waals surface area contributed by atoms with Crippen LogP contribution in [0.1, 0.15) is 46.2 Å². The lowest BCUT2D eigenvalue weighted by Gasteiger charge is -2.29. The van der Waals surface area contributed by atoms with E-state index < -0.39 is 35.0 Å². The van der Waals surface area contributed by atoms with E-state index in [1.54, 1.807) is 50.2 Å². The molecule has 2 aromatic carbocycles. The van der Waals surface area contributed by atoms with Gasteiger partial charge in [-0.25, -0.2) is 9.59 Å². The predicted molar refractivity (Wildman–Crippen MR) is 136 cm³/mol. The van der Waals surface area contributed by atoms with E-state index in [0.717, 1.165) is 5.56 Å². The van der Waals surface area contributed by atoms with E-state index in [2.05, 4.69) is 21.3 Å². The summed E-state index contributed by atoms with van der Waals surface area (Å²) in [5.74, 6) is -0.753. The Labute approximate surface area is 222 Å². The zero-order valence-electron chi connectivity index (χ0n) is 21.4. The lowest BCUT2D eigenvalue weighted by Crippen LogP contribution is -2.52. The van der Waals surface area contributed by atoms with E-state index in [0.29, 0.717) is 39.8 Å². The number of benzene rings is 2. The first-order valence-corrected chi connectivity index (χ1v) is 12.4. The Morgan fingerprint density at radius 2 is 1.64 bits per heavy atom. The van der Waals surface area contributed by atoms with Crippen LogP contribution in [0.15, 0.2) is 40.8 Å². The molecule has 200 valence electrons. The number of hydrogen-bond acceptors (Lipinski definition) is 7. The number of nitrogens with zero attached hydrogens (tertiary/aromatic N) is 1. The van der Waals surface area contributed by atoms with Crippen molar-refractivity contribution in [2.75, 3.05) is 13.7 Å². The minimum absolute atomic E-state index is 0.132. The smallest absolute Gasteiger partial charge is 0.322 e. The Bertz CT molecular complexity index is 1630. The van der Waals surface area contributed by atoms with Crippen LogP contribution in [0.3, 0.4) is 0 Å². The van der Waals surface area contributed by atoms with Crippen molar-refractivity contribution in [2.24, 2.45) is 0 Å². The number of carbonyl (C=O) groups excluding carboxylic acids is 5. The van der Waals surface area contributed by atoms with Crippen LogP contribution in [-0.2, 0) is 27.2 Å². The number of rotatable bonds is 6. The van der Waals surface area contributed by atoms with Gasteiger partial charge in [0, 0.05) is 17.5 Å². The molecule has 3 aromatic rings. The van der Waals surface area contributed by atoms with Gasteiger partial charge in [0.15, 0.2) is 5.54 Å². The van der Waals surface area contributed by atoms with Crippen LogP contribution in [0, 0.1) is 6.92 Å². The number of imide groups is 2. The summed E-state index contributed by atoms with van der Waals surface area (Å²) in [5, 5.41) is 10.5. The molecule has 2 saturated heterocycles. The Morgan fingerprint density at radius 3 is 2.26 bits per heavy atom. The van der Waals surface area contributed by atoms with Crippen LogP contribution in [0.4, 0.5) is 9.59 Å². The SMILES string of the molecule is CCC1(c2cc(C)c3oc([C@]4(CN5Cc6ccc(OC)cc6C5=O)NC(=O)NC4=O)cc3c2)NC(=O)NC1=O. The summed E-state index contributed by atoms with van der Waals surface area (Å²) < 4.78 is 11.4. The Kier molecular flexibility index (Phi) is 5.22. The first kappa shape index (κ1) is 24.5. The van der Waals surface area contributed by atoms with Crippen molar-refractivity contribution in [2.45, 2.75) is 37.9 Å². The van der Waals surface area contributed by atoms with Gasteiger partial charge in [-0.3, -0.25) is 25.0 Å². The van der Waals surface area contributed by atoms with Gasteiger partial charge < -0.3 is 24.7 Å². The number of nitrogens with one attached hydrogen (secondary N) is 4. The number of hydrogen-bond donors (Lipinski definition) is 4. The van der Waals surface area contributed by atoms with Gasteiger partial charge in [0.1, 0.15) is 22.6 Å².